The van der Waals surface area contributed by atoms with Crippen molar-refractivity contribution in [1.82, 2.24) is 19.6 Å². The molecule has 3 heterocycles. The monoisotopic (exact) mass is 393 g/mol. The van der Waals surface area contributed by atoms with Gasteiger partial charge in [-0.25, -0.2) is 18.1 Å². The van der Waals surface area contributed by atoms with Gasteiger partial charge in [-0.3, -0.25) is 4.79 Å². The lowest BCUT2D eigenvalue weighted by Gasteiger charge is -2.31. The van der Waals surface area contributed by atoms with E-state index in [0.717, 1.165) is 18.2 Å². The molecule has 1 aliphatic rings. The third-order valence-corrected chi connectivity index (χ3v) is 5.14. The van der Waals surface area contributed by atoms with Crippen molar-refractivity contribution in [3.63, 3.8) is 0 Å². The number of halogens is 2. The standard InChI is InChI=1S/C21H17F2N5O/c22-16-9-14-5-4-8-26(20(14)18(23)10-16)13-28-21(29)19-15(11-24-28)12-27(25-19)17-6-2-1-3-7-17/h1-3,6-7,9-12H,4-5,8,13H2. The van der Waals surface area contributed by atoms with E-state index in [-0.39, 0.29) is 12.2 Å². The van der Waals surface area contributed by atoms with Gasteiger partial charge in [-0.05, 0) is 36.6 Å². The lowest BCUT2D eigenvalue weighted by atomic mass is 10.0. The zero-order valence-corrected chi connectivity index (χ0v) is 15.4. The van der Waals surface area contributed by atoms with Crippen LogP contribution in [0.1, 0.15) is 12.0 Å². The molecule has 29 heavy (non-hydrogen) atoms. The van der Waals surface area contributed by atoms with E-state index >= 15 is 0 Å². The van der Waals surface area contributed by atoms with E-state index in [4.69, 9.17) is 0 Å². The second-order valence-corrected chi connectivity index (χ2v) is 7.07. The van der Waals surface area contributed by atoms with E-state index in [1.165, 1.54) is 10.7 Å². The van der Waals surface area contributed by atoms with Crippen LogP contribution in [0, 0.1) is 11.6 Å². The number of para-hydroxylation sites is 1. The van der Waals surface area contributed by atoms with Gasteiger partial charge in [-0.2, -0.15) is 10.2 Å². The summed E-state index contributed by atoms with van der Waals surface area (Å²) in [4.78, 5) is 14.7. The first-order chi connectivity index (χ1) is 14.1. The van der Waals surface area contributed by atoms with Crippen LogP contribution in [0.4, 0.5) is 14.5 Å². The second-order valence-electron chi connectivity index (χ2n) is 7.07. The van der Waals surface area contributed by atoms with Crippen molar-refractivity contribution in [1.29, 1.82) is 0 Å². The van der Waals surface area contributed by atoms with Gasteiger partial charge in [0.05, 0.1) is 17.6 Å². The summed E-state index contributed by atoms with van der Waals surface area (Å²) in [7, 11) is 0. The number of aromatic nitrogens is 4. The molecule has 0 bridgehead atoms. The van der Waals surface area contributed by atoms with Gasteiger partial charge in [-0.1, -0.05) is 18.2 Å². The van der Waals surface area contributed by atoms with Gasteiger partial charge in [0.2, 0.25) is 0 Å². The number of hydrogen-bond acceptors (Lipinski definition) is 4. The lowest BCUT2D eigenvalue weighted by molar-refractivity contribution is 0.509. The molecule has 0 saturated heterocycles. The van der Waals surface area contributed by atoms with E-state index in [2.05, 4.69) is 10.2 Å². The molecule has 2 aromatic heterocycles. The van der Waals surface area contributed by atoms with Crippen molar-refractivity contribution in [2.45, 2.75) is 19.5 Å². The minimum atomic E-state index is -0.623. The summed E-state index contributed by atoms with van der Waals surface area (Å²) in [6.45, 7) is 0.628. The van der Waals surface area contributed by atoms with Crippen LogP contribution in [-0.2, 0) is 13.1 Å². The molecule has 4 aromatic rings. The van der Waals surface area contributed by atoms with Crippen molar-refractivity contribution < 1.29 is 8.78 Å². The highest BCUT2D eigenvalue weighted by Gasteiger charge is 2.23. The quantitative estimate of drug-likeness (QED) is 0.536. The highest BCUT2D eigenvalue weighted by Crippen LogP contribution is 2.31. The zero-order valence-electron chi connectivity index (χ0n) is 15.4. The average molecular weight is 393 g/mol. The van der Waals surface area contributed by atoms with Gasteiger partial charge >= 0.3 is 0 Å². The van der Waals surface area contributed by atoms with Crippen LogP contribution in [0.15, 0.2) is 59.7 Å². The van der Waals surface area contributed by atoms with E-state index < -0.39 is 11.6 Å². The van der Waals surface area contributed by atoms with E-state index in [1.54, 1.807) is 22.0 Å². The summed E-state index contributed by atoms with van der Waals surface area (Å²) in [5.41, 5.74) is 1.72. The van der Waals surface area contributed by atoms with Crippen LogP contribution in [-0.4, -0.2) is 26.1 Å². The third kappa shape index (κ3) is 3.06. The fourth-order valence-electron chi connectivity index (χ4n) is 3.81. The van der Waals surface area contributed by atoms with Crippen LogP contribution < -0.4 is 10.5 Å². The minimum Gasteiger partial charge on any atom is -0.349 e. The van der Waals surface area contributed by atoms with Gasteiger partial charge in [0.15, 0.2) is 5.52 Å². The molecule has 0 saturated carbocycles. The Morgan fingerprint density at radius 3 is 2.76 bits per heavy atom. The van der Waals surface area contributed by atoms with Crippen molar-refractivity contribution in [3.8, 4) is 5.69 Å². The van der Waals surface area contributed by atoms with Crippen molar-refractivity contribution >= 4 is 16.6 Å². The van der Waals surface area contributed by atoms with Gasteiger partial charge in [0.25, 0.3) is 5.56 Å². The Morgan fingerprint density at radius 1 is 1.10 bits per heavy atom. The number of anilines is 1. The fourth-order valence-corrected chi connectivity index (χ4v) is 3.81. The number of fused-ring (bicyclic) bond motifs is 2. The predicted octanol–water partition coefficient (Wildman–Crippen LogP) is 3.27. The third-order valence-electron chi connectivity index (χ3n) is 5.14. The molecule has 2 aromatic carbocycles. The molecule has 0 atom stereocenters. The molecule has 0 aliphatic carbocycles. The molecule has 0 amide bonds. The Bertz CT molecular complexity index is 1270. The molecule has 0 N–H and O–H groups in total. The number of hydrogen-bond donors (Lipinski definition) is 0. The Morgan fingerprint density at radius 2 is 1.93 bits per heavy atom. The van der Waals surface area contributed by atoms with E-state index in [0.29, 0.717) is 35.1 Å². The number of rotatable bonds is 3. The molecule has 5 rings (SSSR count). The fraction of sp³-hybridized carbons (Fsp3) is 0.190. The first-order valence-electron chi connectivity index (χ1n) is 9.34. The summed E-state index contributed by atoms with van der Waals surface area (Å²) in [6, 6.07) is 11.7. The Balaban J connectivity index is 1.53. The first kappa shape index (κ1) is 17.5. The number of benzene rings is 2. The molecule has 8 heteroatoms. The zero-order chi connectivity index (χ0) is 20.0. The summed E-state index contributed by atoms with van der Waals surface area (Å²) in [6.07, 6.45) is 4.68. The highest BCUT2D eigenvalue weighted by atomic mass is 19.1. The number of aryl methyl sites for hydroxylation is 1. The molecule has 0 spiro atoms. The Hall–Kier alpha value is -3.55. The molecule has 0 fully saturated rings. The van der Waals surface area contributed by atoms with Crippen molar-refractivity contribution in [2.24, 2.45) is 0 Å². The second kappa shape index (κ2) is 6.80. The SMILES string of the molecule is O=c1c2nn(-c3ccccc3)cc2cnn1CN1CCCc2cc(F)cc(F)c21. The normalized spacial score (nSPS) is 13.7. The van der Waals surface area contributed by atoms with Crippen LogP contribution in [0.5, 0.6) is 0 Å². The average Bonchev–Trinajstić information content (AvgIpc) is 3.16. The van der Waals surface area contributed by atoms with Crippen LogP contribution in [0.3, 0.4) is 0 Å². The molecule has 1 aliphatic heterocycles. The minimum absolute atomic E-state index is 0.0719. The van der Waals surface area contributed by atoms with Gasteiger partial charge in [-0.15, -0.1) is 0 Å². The van der Waals surface area contributed by atoms with Crippen LogP contribution >= 0.6 is 0 Å². The molecule has 0 unspecified atom stereocenters. The summed E-state index contributed by atoms with van der Waals surface area (Å²) >= 11 is 0. The summed E-state index contributed by atoms with van der Waals surface area (Å²) in [5, 5.41) is 9.28. The predicted molar refractivity (Wildman–Crippen MR) is 105 cm³/mol. The van der Waals surface area contributed by atoms with Gasteiger partial charge in [0.1, 0.15) is 18.3 Å². The maximum absolute atomic E-state index is 14.4. The molecule has 146 valence electrons. The lowest BCUT2D eigenvalue weighted by Crippen LogP contribution is -2.37. The summed E-state index contributed by atoms with van der Waals surface area (Å²) in [5.74, 6) is -1.21. The maximum atomic E-state index is 14.4. The molecule has 6 nitrogen and oxygen atoms in total. The van der Waals surface area contributed by atoms with E-state index in [9.17, 15) is 13.6 Å². The van der Waals surface area contributed by atoms with Crippen LogP contribution in [0.2, 0.25) is 0 Å². The van der Waals surface area contributed by atoms with Crippen molar-refractivity contribution in [3.05, 3.63) is 82.4 Å². The molecular formula is C21H17F2N5O. The topological polar surface area (TPSA) is 56.0 Å². The van der Waals surface area contributed by atoms with Crippen molar-refractivity contribution in [2.75, 3.05) is 11.4 Å². The highest BCUT2D eigenvalue weighted by molar-refractivity contribution is 5.76. The van der Waals surface area contributed by atoms with E-state index in [1.807, 2.05) is 30.3 Å². The van der Waals surface area contributed by atoms with Gasteiger partial charge < -0.3 is 4.90 Å². The Labute approximate surface area is 164 Å². The van der Waals surface area contributed by atoms with Crippen LogP contribution in [0.25, 0.3) is 16.6 Å². The number of nitrogens with zero attached hydrogens (tertiary/aromatic N) is 5. The summed E-state index contributed by atoms with van der Waals surface area (Å²) < 4.78 is 30.9. The Kier molecular flexibility index (Phi) is 4.12. The first-order valence-corrected chi connectivity index (χ1v) is 9.34. The molecular weight excluding hydrogens is 376 g/mol. The molecule has 0 radical (unpaired) electrons. The smallest absolute Gasteiger partial charge is 0.296 e. The maximum Gasteiger partial charge on any atom is 0.296 e. The van der Waals surface area contributed by atoms with Gasteiger partial charge in [0, 0.05) is 24.2 Å². The largest absolute Gasteiger partial charge is 0.349 e.